The van der Waals surface area contributed by atoms with Crippen molar-refractivity contribution in [2.24, 2.45) is 5.92 Å². The fraction of sp³-hybridized carbons (Fsp3) is 0.562. The van der Waals surface area contributed by atoms with Crippen molar-refractivity contribution >= 4 is 17.7 Å². The zero-order valence-corrected chi connectivity index (χ0v) is 13.5. The minimum absolute atomic E-state index is 0.357. The Hall–Kier alpha value is -1.26. The van der Waals surface area contributed by atoms with E-state index < -0.39 is 5.60 Å². The number of rotatable bonds is 3. The van der Waals surface area contributed by atoms with E-state index in [9.17, 15) is 4.79 Å². The molecule has 0 aromatic heterocycles. The molecule has 0 saturated carbocycles. The maximum absolute atomic E-state index is 11.7. The predicted molar refractivity (Wildman–Crippen MR) is 84.8 cm³/mol. The maximum atomic E-state index is 11.7. The largest absolute Gasteiger partial charge is 0.444 e. The van der Waals surface area contributed by atoms with Crippen LogP contribution in [-0.2, 0) is 4.74 Å². The highest BCUT2D eigenvalue weighted by molar-refractivity contribution is 6.30. The number of hydrogen-bond acceptors (Lipinski definition) is 3. The normalized spacial score (nSPS) is 22.1. The Morgan fingerprint density at radius 3 is 2.62 bits per heavy atom. The van der Waals surface area contributed by atoms with E-state index in [0.29, 0.717) is 18.4 Å². The molecular formula is C16H23ClN2O2. The molecule has 1 aromatic carbocycles. The second-order valence-corrected chi connectivity index (χ2v) is 6.90. The Bertz CT molecular complexity index is 482. The van der Waals surface area contributed by atoms with Crippen molar-refractivity contribution in [1.82, 2.24) is 10.6 Å². The van der Waals surface area contributed by atoms with Crippen LogP contribution in [0.4, 0.5) is 4.79 Å². The Morgan fingerprint density at radius 1 is 1.33 bits per heavy atom. The number of ether oxygens (including phenoxy) is 1. The number of halogens is 1. The van der Waals surface area contributed by atoms with E-state index in [0.717, 1.165) is 18.1 Å². The quantitative estimate of drug-likeness (QED) is 0.901. The van der Waals surface area contributed by atoms with Gasteiger partial charge in [0.05, 0.1) is 0 Å². The molecule has 1 aliphatic rings. The van der Waals surface area contributed by atoms with E-state index in [4.69, 9.17) is 16.3 Å². The highest BCUT2D eigenvalue weighted by atomic mass is 35.5. The topological polar surface area (TPSA) is 50.4 Å². The molecule has 5 heteroatoms. The molecule has 2 rings (SSSR count). The molecule has 4 nitrogen and oxygen atoms in total. The van der Waals surface area contributed by atoms with Crippen molar-refractivity contribution in [3.63, 3.8) is 0 Å². The fourth-order valence-corrected chi connectivity index (χ4v) is 2.70. The zero-order valence-electron chi connectivity index (χ0n) is 12.8. The zero-order chi connectivity index (χ0) is 15.5. The van der Waals surface area contributed by atoms with Crippen LogP contribution in [0.15, 0.2) is 24.3 Å². The van der Waals surface area contributed by atoms with Gasteiger partial charge in [-0.3, -0.25) is 0 Å². The number of hydrogen-bond donors (Lipinski definition) is 2. The van der Waals surface area contributed by atoms with Crippen molar-refractivity contribution in [2.75, 3.05) is 19.6 Å². The van der Waals surface area contributed by atoms with Crippen LogP contribution in [0.25, 0.3) is 0 Å². The fourth-order valence-electron chi connectivity index (χ4n) is 2.58. The van der Waals surface area contributed by atoms with Gasteiger partial charge in [-0.2, -0.15) is 0 Å². The van der Waals surface area contributed by atoms with Crippen LogP contribution in [0, 0.1) is 5.92 Å². The molecule has 0 aliphatic carbocycles. The van der Waals surface area contributed by atoms with Gasteiger partial charge in [-0.25, -0.2) is 4.79 Å². The van der Waals surface area contributed by atoms with E-state index in [1.807, 2.05) is 32.9 Å². The van der Waals surface area contributed by atoms with Crippen LogP contribution in [-0.4, -0.2) is 31.3 Å². The number of alkyl carbamates (subject to hydrolysis) is 1. The molecule has 1 heterocycles. The van der Waals surface area contributed by atoms with Crippen LogP contribution in [0.2, 0.25) is 5.02 Å². The molecule has 1 aliphatic heterocycles. The van der Waals surface area contributed by atoms with Gasteiger partial charge in [0.25, 0.3) is 0 Å². The smallest absolute Gasteiger partial charge is 0.407 e. The number of amides is 1. The van der Waals surface area contributed by atoms with E-state index in [2.05, 4.69) is 22.8 Å². The van der Waals surface area contributed by atoms with Crippen molar-refractivity contribution < 1.29 is 9.53 Å². The lowest BCUT2D eigenvalue weighted by atomic mass is 9.89. The van der Waals surface area contributed by atoms with Gasteiger partial charge < -0.3 is 15.4 Å². The minimum atomic E-state index is -0.465. The first-order valence-corrected chi connectivity index (χ1v) is 7.66. The summed E-state index contributed by atoms with van der Waals surface area (Å²) in [5.41, 5.74) is 0.786. The first-order valence-electron chi connectivity index (χ1n) is 7.28. The minimum Gasteiger partial charge on any atom is -0.444 e. The lowest BCUT2D eigenvalue weighted by Crippen LogP contribution is -2.36. The summed E-state index contributed by atoms with van der Waals surface area (Å²) in [5, 5.41) is 6.99. The van der Waals surface area contributed by atoms with Crippen LogP contribution >= 0.6 is 11.6 Å². The van der Waals surface area contributed by atoms with Crippen molar-refractivity contribution in [1.29, 1.82) is 0 Å². The number of benzene rings is 1. The number of carbonyl (C=O) groups excluding carboxylic acids is 1. The summed E-state index contributed by atoms with van der Waals surface area (Å²) in [5.74, 6) is 0.746. The van der Waals surface area contributed by atoms with Gasteiger partial charge in [0.2, 0.25) is 0 Å². The van der Waals surface area contributed by atoms with Crippen molar-refractivity contribution in [2.45, 2.75) is 32.3 Å². The first kappa shape index (κ1) is 16.1. The van der Waals surface area contributed by atoms with Crippen LogP contribution < -0.4 is 10.6 Å². The first-order chi connectivity index (χ1) is 9.85. The van der Waals surface area contributed by atoms with E-state index in [-0.39, 0.29) is 6.09 Å². The second kappa shape index (κ2) is 6.67. The highest BCUT2D eigenvalue weighted by Crippen LogP contribution is 2.28. The van der Waals surface area contributed by atoms with Crippen LogP contribution in [0.3, 0.4) is 0 Å². The molecule has 1 saturated heterocycles. The molecule has 116 valence electrons. The van der Waals surface area contributed by atoms with Crippen LogP contribution in [0.1, 0.15) is 32.3 Å². The summed E-state index contributed by atoms with van der Waals surface area (Å²) in [6.07, 6.45) is -0.357. The Kier molecular flexibility index (Phi) is 5.12. The summed E-state index contributed by atoms with van der Waals surface area (Å²) in [7, 11) is 0. The van der Waals surface area contributed by atoms with Crippen molar-refractivity contribution in [3.8, 4) is 0 Å². The molecule has 1 aromatic rings. The third-order valence-electron chi connectivity index (χ3n) is 3.55. The Balaban J connectivity index is 1.90. The summed E-state index contributed by atoms with van der Waals surface area (Å²) in [4.78, 5) is 11.7. The summed E-state index contributed by atoms with van der Waals surface area (Å²) < 4.78 is 5.27. The maximum Gasteiger partial charge on any atom is 0.407 e. The predicted octanol–water partition coefficient (Wildman–Crippen LogP) is 3.17. The molecule has 2 N–H and O–H groups in total. The molecule has 21 heavy (non-hydrogen) atoms. The van der Waals surface area contributed by atoms with Gasteiger partial charge in [0.1, 0.15) is 5.60 Å². The number of carbonyl (C=O) groups is 1. The SMILES string of the molecule is CC(C)(C)OC(=O)NC[C@@H]1CNC[C@H]1c1ccc(Cl)cc1. The van der Waals surface area contributed by atoms with E-state index in [1.165, 1.54) is 5.56 Å². The van der Waals surface area contributed by atoms with E-state index >= 15 is 0 Å². The number of nitrogens with one attached hydrogen (secondary N) is 2. The highest BCUT2D eigenvalue weighted by Gasteiger charge is 2.29. The van der Waals surface area contributed by atoms with Crippen LogP contribution in [0.5, 0.6) is 0 Å². The lowest BCUT2D eigenvalue weighted by Gasteiger charge is -2.22. The molecular weight excluding hydrogens is 288 g/mol. The average Bonchev–Trinajstić information content (AvgIpc) is 2.83. The monoisotopic (exact) mass is 310 g/mol. The molecule has 0 spiro atoms. The standard InChI is InChI=1S/C16H23ClN2O2/c1-16(2,3)21-15(20)19-9-12-8-18-10-14(12)11-4-6-13(17)7-5-11/h4-7,12,14,18H,8-10H2,1-3H3,(H,19,20)/t12-,14-/m0/s1. The Labute approximate surface area is 131 Å². The summed E-state index contributed by atoms with van der Waals surface area (Å²) in [6.45, 7) is 8.00. The summed E-state index contributed by atoms with van der Waals surface area (Å²) >= 11 is 5.93. The molecule has 2 atom stereocenters. The lowest BCUT2D eigenvalue weighted by molar-refractivity contribution is 0.0519. The molecule has 0 bridgehead atoms. The molecule has 1 amide bonds. The van der Waals surface area contributed by atoms with Gasteiger partial charge >= 0.3 is 6.09 Å². The third kappa shape index (κ3) is 4.90. The summed E-state index contributed by atoms with van der Waals surface area (Å²) in [6, 6.07) is 7.93. The van der Waals surface area contributed by atoms with Gasteiger partial charge in [-0.05, 0) is 44.4 Å². The molecule has 0 unspecified atom stereocenters. The van der Waals surface area contributed by atoms with Gasteiger partial charge in [0, 0.05) is 30.6 Å². The molecule has 1 fully saturated rings. The Morgan fingerprint density at radius 2 is 2.00 bits per heavy atom. The van der Waals surface area contributed by atoms with Gasteiger partial charge in [0.15, 0.2) is 0 Å². The van der Waals surface area contributed by atoms with Gasteiger partial charge in [-0.15, -0.1) is 0 Å². The van der Waals surface area contributed by atoms with E-state index in [1.54, 1.807) is 0 Å². The average molecular weight is 311 g/mol. The second-order valence-electron chi connectivity index (χ2n) is 6.46. The third-order valence-corrected chi connectivity index (χ3v) is 3.80. The van der Waals surface area contributed by atoms with Gasteiger partial charge in [-0.1, -0.05) is 23.7 Å². The molecule has 0 radical (unpaired) electrons. The van der Waals surface area contributed by atoms with Crippen molar-refractivity contribution in [3.05, 3.63) is 34.9 Å².